The zero-order valence-corrected chi connectivity index (χ0v) is 11.7. The molecule has 2 rings (SSSR count). The highest BCUT2D eigenvalue weighted by Crippen LogP contribution is 2.48. The number of methoxy groups -OCH3 is 2. The van der Waals surface area contributed by atoms with Crippen molar-refractivity contribution < 1.29 is 18.7 Å². The second kappa shape index (κ2) is 6.06. The van der Waals surface area contributed by atoms with Gasteiger partial charge in [-0.25, -0.2) is 9.18 Å². The van der Waals surface area contributed by atoms with Crippen LogP contribution in [-0.4, -0.2) is 20.3 Å². The third-order valence-corrected chi connectivity index (χ3v) is 3.88. The lowest BCUT2D eigenvalue weighted by molar-refractivity contribution is 0.335. The molecule has 20 heavy (non-hydrogen) atoms. The number of nitrogens with zero attached hydrogens (tertiary/aromatic N) is 1. The number of carbonyl (C=O) groups excluding carboxylic acids is 1. The Morgan fingerprint density at radius 2 is 2.00 bits per heavy atom. The highest BCUT2D eigenvalue weighted by atomic mass is 19.1. The van der Waals surface area contributed by atoms with Crippen LogP contribution in [0.1, 0.15) is 36.8 Å². The SMILES string of the molecule is COc1cc(CF)cc(C2(N=C=O)CCCC2)c1OC. The van der Waals surface area contributed by atoms with E-state index in [0.717, 1.165) is 25.7 Å². The van der Waals surface area contributed by atoms with Gasteiger partial charge in [-0.15, -0.1) is 0 Å². The fourth-order valence-corrected chi connectivity index (χ4v) is 2.93. The van der Waals surface area contributed by atoms with Gasteiger partial charge in [0, 0.05) is 5.56 Å². The number of halogens is 1. The first-order valence-electron chi connectivity index (χ1n) is 6.61. The van der Waals surface area contributed by atoms with Gasteiger partial charge in [-0.2, -0.15) is 4.99 Å². The Morgan fingerprint density at radius 3 is 2.50 bits per heavy atom. The Morgan fingerprint density at radius 1 is 1.30 bits per heavy atom. The standard InChI is InChI=1S/C15H18FNO3/c1-19-13-8-11(9-16)7-12(14(13)20-2)15(17-10-18)5-3-4-6-15/h7-8H,3-6,9H2,1-2H3. The molecule has 0 saturated heterocycles. The van der Waals surface area contributed by atoms with Crippen LogP contribution in [0.4, 0.5) is 4.39 Å². The molecule has 0 unspecified atom stereocenters. The van der Waals surface area contributed by atoms with E-state index in [2.05, 4.69) is 4.99 Å². The minimum atomic E-state index is -0.661. The van der Waals surface area contributed by atoms with Crippen molar-refractivity contribution >= 4 is 6.08 Å². The molecule has 108 valence electrons. The summed E-state index contributed by atoms with van der Waals surface area (Å²) in [7, 11) is 3.04. The van der Waals surface area contributed by atoms with E-state index in [9.17, 15) is 9.18 Å². The lowest BCUT2D eigenvalue weighted by Crippen LogP contribution is -2.20. The Balaban J connectivity index is 2.66. The molecule has 1 saturated carbocycles. The normalized spacial score (nSPS) is 16.6. The summed E-state index contributed by atoms with van der Waals surface area (Å²) >= 11 is 0. The molecule has 5 heteroatoms. The quantitative estimate of drug-likeness (QED) is 0.614. The average Bonchev–Trinajstić information content (AvgIpc) is 2.95. The molecule has 1 aliphatic carbocycles. The Hall–Kier alpha value is -1.87. The van der Waals surface area contributed by atoms with E-state index < -0.39 is 12.2 Å². The predicted molar refractivity (Wildman–Crippen MR) is 72.6 cm³/mol. The molecule has 0 spiro atoms. The van der Waals surface area contributed by atoms with Crippen LogP contribution in [0.25, 0.3) is 0 Å². The zero-order valence-electron chi connectivity index (χ0n) is 11.7. The van der Waals surface area contributed by atoms with Crippen molar-refractivity contribution in [3.8, 4) is 11.5 Å². The average molecular weight is 279 g/mol. The number of hydrogen-bond donors (Lipinski definition) is 0. The Labute approximate surface area is 117 Å². The van der Waals surface area contributed by atoms with E-state index in [4.69, 9.17) is 9.47 Å². The van der Waals surface area contributed by atoms with Gasteiger partial charge in [0.1, 0.15) is 12.2 Å². The van der Waals surface area contributed by atoms with Gasteiger partial charge in [-0.1, -0.05) is 12.8 Å². The van der Waals surface area contributed by atoms with Gasteiger partial charge in [0.15, 0.2) is 11.5 Å². The van der Waals surface area contributed by atoms with Crippen LogP contribution in [0, 0.1) is 0 Å². The van der Waals surface area contributed by atoms with Crippen LogP contribution >= 0.6 is 0 Å². The molecule has 0 aliphatic heterocycles. The molecule has 4 nitrogen and oxygen atoms in total. The van der Waals surface area contributed by atoms with Gasteiger partial charge in [0.05, 0.1) is 14.2 Å². The largest absolute Gasteiger partial charge is 0.493 e. The van der Waals surface area contributed by atoms with Crippen molar-refractivity contribution in [2.75, 3.05) is 14.2 Å². The smallest absolute Gasteiger partial charge is 0.235 e. The third kappa shape index (κ3) is 2.41. The summed E-state index contributed by atoms with van der Waals surface area (Å²) in [5.74, 6) is 0.982. The Kier molecular flexibility index (Phi) is 4.40. The van der Waals surface area contributed by atoms with E-state index in [1.165, 1.54) is 14.2 Å². The van der Waals surface area contributed by atoms with Crippen LogP contribution in [0.2, 0.25) is 0 Å². The van der Waals surface area contributed by atoms with Crippen LogP contribution in [0.5, 0.6) is 11.5 Å². The number of rotatable bonds is 5. The fraction of sp³-hybridized carbons (Fsp3) is 0.533. The first-order valence-corrected chi connectivity index (χ1v) is 6.61. The summed E-state index contributed by atoms with van der Waals surface area (Å²) < 4.78 is 23.7. The third-order valence-electron chi connectivity index (χ3n) is 3.88. The Bertz CT molecular complexity index is 532. The molecule has 1 aromatic carbocycles. The van der Waals surface area contributed by atoms with Crippen molar-refractivity contribution in [2.24, 2.45) is 4.99 Å². The van der Waals surface area contributed by atoms with Gasteiger partial charge in [-0.05, 0) is 30.5 Å². The van der Waals surface area contributed by atoms with Gasteiger partial charge in [0.25, 0.3) is 0 Å². The van der Waals surface area contributed by atoms with Gasteiger partial charge in [0.2, 0.25) is 6.08 Å². The van der Waals surface area contributed by atoms with Gasteiger partial charge in [-0.3, -0.25) is 0 Å². The molecule has 0 N–H and O–H groups in total. The first kappa shape index (κ1) is 14.5. The van der Waals surface area contributed by atoms with Gasteiger partial charge >= 0.3 is 0 Å². The van der Waals surface area contributed by atoms with Crippen LogP contribution < -0.4 is 9.47 Å². The maximum atomic E-state index is 13.1. The molecule has 0 bridgehead atoms. The van der Waals surface area contributed by atoms with Gasteiger partial charge < -0.3 is 9.47 Å². The molecule has 1 aromatic rings. The summed E-state index contributed by atoms with van der Waals surface area (Å²) in [4.78, 5) is 14.8. The van der Waals surface area contributed by atoms with Crippen molar-refractivity contribution in [3.63, 3.8) is 0 Å². The molecule has 1 fully saturated rings. The molecule has 0 aromatic heterocycles. The zero-order chi connectivity index (χ0) is 14.6. The second-order valence-electron chi connectivity index (χ2n) is 4.95. The molecule has 0 amide bonds. The van der Waals surface area contributed by atoms with Crippen molar-refractivity contribution in [1.82, 2.24) is 0 Å². The summed E-state index contributed by atoms with van der Waals surface area (Å²) in [6, 6.07) is 3.32. The lowest BCUT2D eigenvalue weighted by atomic mass is 9.87. The minimum absolute atomic E-state index is 0.463. The molecule has 0 heterocycles. The van der Waals surface area contributed by atoms with Crippen LogP contribution in [0.15, 0.2) is 17.1 Å². The van der Waals surface area contributed by atoms with Crippen LogP contribution in [-0.2, 0) is 17.0 Å². The molecular weight excluding hydrogens is 261 g/mol. The highest BCUT2D eigenvalue weighted by molar-refractivity contribution is 5.54. The summed E-state index contributed by atoms with van der Waals surface area (Å²) in [5, 5.41) is 0. The monoisotopic (exact) mass is 279 g/mol. The van der Waals surface area contributed by atoms with Crippen LogP contribution in [0.3, 0.4) is 0 Å². The number of aliphatic imine (C=N–C) groups is 1. The maximum absolute atomic E-state index is 13.1. The van der Waals surface area contributed by atoms with E-state index in [1.54, 1.807) is 18.2 Å². The molecule has 1 aliphatic rings. The lowest BCUT2D eigenvalue weighted by Gasteiger charge is -2.26. The second-order valence-corrected chi connectivity index (χ2v) is 4.95. The summed E-state index contributed by atoms with van der Waals surface area (Å²) in [5.41, 5.74) is 0.545. The highest BCUT2D eigenvalue weighted by Gasteiger charge is 2.39. The minimum Gasteiger partial charge on any atom is -0.493 e. The molecule has 0 atom stereocenters. The topological polar surface area (TPSA) is 47.9 Å². The van der Waals surface area contributed by atoms with E-state index >= 15 is 0 Å². The first-order chi connectivity index (χ1) is 9.70. The fourth-order valence-electron chi connectivity index (χ4n) is 2.93. The molecular formula is C15H18FNO3. The number of ether oxygens (including phenoxy) is 2. The van der Waals surface area contributed by atoms with E-state index in [1.807, 2.05) is 0 Å². The van der Waals surface area contributed by atoms with Crippen molar-refractivity contribution in [1.29, 1.82) is 0 Å². The predicted octanol–water partition coefficient (Wildman–Crippen LogP) is 3.28. The number of alkyl halides is 1. The summed E-state index contributed by atoms with van der Waals surface area (Å²) in [6.45, 7) is -0.603. The number of benzene rings is 1. The van der Waals surface area contributed by atoms with E-state index in [0.29, 0.717) is 22.6 Å². The number of hydrogen-bond acceptors (Lipinski definition) is 4. The van der Waals surface area contributed by atoms with Crippen molar-refractivity contribution in [3.05, 3.63) is 23.3 Å². The number of isocyanates is 1. The molecule has 0 radical (unpaired) electrons. The summed E-state index contributed by atoms with van der Waals surface area (Å²) in [6.07, 6.45) is 5.06. The maximum Gasteiger partial charge on any atom is 0.235 e. The van der Waals surface area contributed by atoms with E-state index in [-0.39, 0.29) is 0 Å². The van der Waals surface area contributed by atoms with Crippen molar-refractivity contribution in [2.45, 2.75) is 37.9 Å².